The van der Waals surface area contributed by atoms with Gasteiger partial charge >= 0.3 is 0 Å². The Morgan fingerprint density at radius 2 is 1.71 bits per heavy atom. The third-order valence-corrected chi connectivity index (χ3v) is 5.46. The zero-order chi connectivity index (χ0) is 14.1. The van der Waals surface area contributed by atoms with E-state index in [-0.39, 0.29) is 0 Å². The van der Waals surface area contributed by atoms with E-state index in [4.69, 9.17) is 0 Å². The molecule has 3 aliphatic rings. The van der Waals surface area contributed by atoms with Crippen LogP contribution in [0.1, 0.15) is 55.6 Å². The van der Waals surface area contributed by atoms with Crippen LogP contribution in [0.2, 0.25) is 0 Å². The molecule has 3 fully saturated rings. The smallest absolute Gasteiger partial charge is 0.0239 e. The Balaban J connectivity index is 1.44. The zero-order valence-electron chi connectivity index (χ0n) is 13.1. The highest BCUT2D eigenvalue weighted by atomic mass is 15.2. The maximum atomic E-state index is 3.50. The van der Waals surface area contributed by atoms with Crippen molar-refractivity contribution in [1.82, 2.24) is 10.2 Å². The van der Waals surface area contributed by atoms with E-state index in [0.717, 1.165) is 17.9 Å². The molecule has 2 aliphatic carbocycles. The summed E-state index contributed by atoms with van der Waals surface area (Å²) in [5.41, 5.74) is 3.26. The largest absolute Gasteiger partial charge is 0.317 e. The summed E-state index contributed by atoms with van der Waals surface area (Å²) >= 11 is 0. The fourth-order valence-electron chi connectivity index (χ4n) is 3.87. The fourth-order valence-corrected chi connectivity index (χ4v) is 3.87. The van der Waals surface area contributed by atoms with Crippen LogP contribution in [0.25, 0.3) is 0 Å². The molecule has 0 amide bonds. The summed E-state index contributed by atoms with van der Waals surface area (Å²) < 4.78 is 0. The van der Waals surface area contributed by atoms with Crippen LogP contribution >= 0.6 is 0 Å². The van der Waals surface area contributed by atoms with Gasteiger partial charge in [-0.2, -0.15) is 0 Å². The van der Waals surface area contributed by atoms with Gasteiger partial charge in [0.2, 0.25) is 0 Å². The predicted molar refractivity (Wildman–Crippen MR) is 87.4 cm³/mol. The highest BCUT2D eigenvalue weighted by Crippen LogP contribution is 2.42. The van der Waals surface area contributed by atoms with E-state index in [1.807, 2.05) is 0 Å². The molecule has 2 heteroatoms. The third-order valence-electron chi connectivity index (χ3n) is 5.46. The van der Waals surface area contributed by atoms with Crippen molar-refractivity contribution in [1.29, 1.82) is 0 Å². The molecule has 2 nitrogen and oxygen atoms in total. The fraction of sp³-hybridized carbons (Fsp3) is 0.684. The summed E-state index contributed by atoms with van der Waals surface area (Å²) in [6, 6.07) is 10.1. The molecule has 1 aromatic carbocycles. The van der Waals surface area contributed by atoms with Gasteiger partial charge in [0.15, 0.2) is 0 Å². The lowest BCUT2D eigenvalue weighted by Crippen LogP contribution is -2.37. The first-order valence-corrected chi connectivity index (χ1v) is 8.93. The molecule has 1 N–H and O–H groups in total. The molecule has 1 aromatic rings. The van der Waals surface area contributed by atoms with E-state index in [0.29, 0.717) is 0 Å². The third kappa shape index (κ3) is 3.49. The minimum Gasteiger partial charge on any atom is -0.317 e. The Morgan fingerprint density at radius 1 is 0.952 bits per heavy atom. The predicted octanol–water partition coefficient (Wildman–Crippen LogP) is 3.53. The number of hydrogen-bond donors (Lipinski definition) is 1. The van der Waals surface area contributed by atoms with E-state index in [2.05, 4.69) is 34.5 Å². The van der Waals surface area contributed by atoms with Gasteiger partial charge in [-0.05, 0) is 74.6 Å². The molecule has 0 aromatic heterocycles. The first-order valence-electron chi connectivity index (χ1n) is 8.93. The number of piperidine rings is 1. The van der Waals surface area contributed by atoms with Gasteiger partial charge in [-0.15, -0.1) is 0 Å². The van der Waals surface area contributed by atoms with Crippen molar-refractivity contribution >= 4 is 0 Å². The minimum absolute atomic E-state index is 0.876. The SMILES string of the molecule is c1ccc(C2CC2)c(CN(CC2CCNCC2)C2CC2)c1. The van der Waals surface area contributed by atoms with Crippen molar-refractivity contribution in [2.45, 2.75) is 57.0 Å². The van der Waals surface area contributed by atoms with Crippen LogP contribution in [-0.2, 0) is 6.54 Å². The number of benzene rings is 1. The van der Waals surface area contributed by atoms with Crippen molar-refractivity contribution in [2.24, 2.45) is 5.92 Å². The van der Waals surface area contributed by atoms with Crippen LogP contribution in [0.3, 0.4) is 0 Å². The maximum Gasteiger partial charge on any atom is 0.0239 e. The lowest BCUT2D eigenvalue weighted by atomic mass is 9.96. The Labute approximate surface area is 128 Å². The lowest BCUT2D eigenvalue weighted by molar-refractivity contribution is 0.190. The van der Waals surface area contributed by atoms with E-state index in [9.17, 15) is 0 Å². The molecule has 1 saturated heterocycles. The van der Waals surface area contributed by atoms with Crippen LogP contribution in [0, 0.1) is 5.92 Å². The second-order valence-corrected chi connectivity index (χ2v) is 7.33. The van der Waals surface area contributed by atoms with E-state index in [1.54, 1.807) is 11.1 Å². The molecule has 1 aliphatic heterocycles. The van der Waals surface area contributed by atoms with Gasteiger partial charge in [-0.25, -0.2) is 0 Å². The number of nitrogens with one attached hydrogen (secondary N) is 1. The average Bonchev–Trinajstić information content (AvgIpc) is 3.41. The summed E-state index contributed by atoms with van der Waals surface area (Å²) in [5.74, 6) is 1.79. The number of rotatable bonds is 6. The molecule has 4 rings (SSSR count). The Kier molecular flexibility index (Phi) is 4.00. The molecule has 0 atom stereocenters. The van der Waals surface area contributed by atoms with Crippen molar-refractivity contribution in [3.8, 4) is 0 Å². The second kappa shape index (κ2) is 6.10. The first-order chi connectivity index (χ1) is 10.4. The zero-order valence-corrected chi connectivity index (χ0v) is 13.1. The number of nitrogens with zero attached hydrogens (tertiary/aromatic N) is 1. The number of hydrogen-bond acceptors (Lipinski definition) is 2. The minimum atomic E-state index is 0.876. The highest BCUT2D eigenvalue weighted by molar-refractivity contribution is 5.33. The monoisotopic (exact) mass is 284 g/mol. The molecule has 21 heavy (non-hydrogen) atoms. The summed E-state index contributed by atoms with van der Waals surface area (Å²) in [7, 11) is 0. The van der Waals surface area contributed by atoms with Gasteiger partial charge in [-0.3, -0.25) is 4.90 Å². The second-order valence-electron chi connectivity index (χ2n) is 7.33. The van der Waals surface area contributed by atoms with Crippen LogP contribution in [0.5, 0.6) is 0 Å². The Bertz CT molecular complexity index is 470. The molecule has 0 radical (unpaired) electrons. The molecule has 0 bridgehead atoms. The van der Waals surface area contributed by atoms with Crippen molar-refractivity contribution in [3.63, 3.8) is 0 Å². The molecule has 114 valence electrons. The molecule has 0 unspecified atom stereocenters. The van der Waals surface area contributed by atoms with Crippen molar-refractivity contribution in [3.05, 3.63) is 35.4 Å². The average molecular weight is 284 g/mol. The van der Waals surface area contributed by atoms with Gasteiger partial charge in [0.05, 0.1) is 0 Å². The lowest BCUT2D eigenvalue weighted by Gasteiger charge is -2.30. The van der Waals surface area contributed by atoms with Gasteiger partial charge in [-0.1, -0.05) is 24.3 Å². The van der Waals surface area contributed by atoms with Gasteiger partial charge in [0.25, 0.3) is 0 Å². The standard InChI is InChI=1S/C19H28N2/c1-2-4-19(16-5-6-16)17(3-1)14-21(18-7-8-18)13-15-9-11-20-12-10-15/h1-4,15-16,18,20H,5-14H2. The normalized spacial score (nSPS) is 23.7. The quantitative estimate of drug-likeness (QED) is 0.859. The molecular weight excluding hydrogens is 256 g/mol. The highest BCUT2D eigenvalue weighted by Gasteiger charge is 2.32. The van der Waals surface area contributed by atoms with Gasteiger partial charge < -0.3 is 5.32 Å². The summed E-state index contributed by atoms with van der Waals surface area (Å²) in [5, 5.41) is 3.50. The molecule has 1 heterocycles. The van der Waals surface area contributed by atoms with Gasteiger partial charge in [0, 0.05) is 19.1 Å². The van der Waals surface area contributed by atoms with Crippen LogP contribution in [0.15, 0.2) is 24.3 Å². The summed E-state index contributed by atoms with van der Waals surface area (Å²) in [6.07, 6.45) is 8.41. The Hall–Kier alpha value is -0.860. The first kappa shape index (κ1) is 13.8. The van der Waals surface area contributed by atoms with Crippen molar-refractivity contribution < 1.29 is 0 Å². The van der Waals surface area contributed by atoms with E-state index >= 15 is 0 Å². The van der Waals surface area contributed by atoms with E-state index in [1.165, 1.54) is 64.7 Å². The van der Waals surface area contributed by atoms with Gasteiger partial charge in [0.1, 0.15) is 0 Å². The molecule has 2 saturated carbocycles. The van der Waals surface area contributed by atoms with Crippen LogP contribution < -0.4 is 5.32 Å². The topological polar surface area (TPSA) is 15.3 Å². The summed E-state index contributed by atoms with van der Waals surface area (Å²) in [6.45, 7) is 4.97. The van der Waals surface area contributed by atoms with E-state index < -0.39 is 0 Å². The Morgan fingerprint density at radius 3 is 2.43 bits per heavy atom. The van der Waals surface area contributed by atoms with Crippen molar-refractivity contribution in [2.75, 3.05) is 19.6 Å². The van der Waals surface area contributed by atoms with Crippen LogP contribution in [-0.4, -0.2) is 30.6 Å². The van der Waals surface area contributed by atoms with Crippen LogP contribution in [0.4, 0.5) is 0 Å². The molecule has 0 spiro atoms. The summed E-state index contributed by atoms with van der Waals surface area (Å²) in [4.78, 5) is 2.80. The maximum absolute atomic E-state index is 3.50. The molecular formula is C19H28N2.